The van der Waals surface area contributed by atoms with Gasteiger partial charge in [0.05, 0.1) is 5.41 Å². The molecule has 102 valence electrons. The van der Waals surface area contributed by atoms with Gasteiger partial charge in [0.2, 0.25) is 5.91 Å². The van der Waals surface area contributed by atoms with Crippen LogP contribution in [0.2, 0.25) is 0 Å². The number of alkyl halides is 1. The minimum Gasteiger partial charge on any atom is -0.345 e. The highest BCUT2D eigenvalue weighted by molar-refractivity contribution is 9.09. The Kier molecular flexibility index (Phi) is 3.42. The maximum absolute atomic E-state index is 12.7. The number of halogens is 1. The molecule has 0 atom stereocenters. The number of hydrogen-bond acceptors (Lipinski definition) is 1. The minimum absolute atomic E-state index is 0.201. The Labute approximate surface area is 123 Å². The fraction of sp³-hybridized carbons (Fsp3) is 0.562. The molecule has 3 rings (SSSR count). The summed E-state index contributed by atoms with van der Waals surface area (Å²) in [4.78, 5) is 15.3. The molecule has 0 radical (unpaired) electrons. The zero-order chi connectivity index (χ0) is 13.5. The van der Waals surface area contributed by atoms with E-state index in [2.05, 4.69) is 28.1 Å². The Balaban J connectivity index is 1.66. The Morgan fingerprint density at radius 2 is 1.95 bits per heavy atom. The van der Waals surface area contributed by atoms with Crippen LogP contribution in [0.1, 0.15) is 31.2 Å². The van der Waals surface area contributed by atoms with E-state index in [0.717, 1.165) is 19.4 Å². The molecule has 1 aromatic rings. The number of nitrogens with zero attached hydrogens (tertiary/aromatic N) is 1. The van der Waals surface area contributed by atoms with Crippen molar-refractivity contribution in [1.29, 1.82) is 0 Å². The summed E-state index contributed by atoms with van der Waals surface area (Å²) in [5, 5.41) is 0. The fourth-order valence-corrected chi connectivity index (χ4v) is 4.20. The molecular weight excluding hydrogens is 302 g/mol. The van der Waals surface area contributed by atoms with Crippen molar-refractivity contribution in [2.24, 2.45) is 5.92 Å². The highest BCUT2D eigenvalue weighted by Gasteiger charge is 2.52. The second-order valence-corrected chi connectivity index (χ2v) is 7.36. The smallest absolute Gasteiger partial charge is 0.232 e. The van der Waals surface area contributed by atoms with Crippen LogP contribution >= 0.6 is 15.9 Å². The molecule has 0 N–H and O–H groups in total. The maximum Gasteiger partial charge on any atom is 0.232 e. The van der Waals surface area contributed by atoms with Gasteiger partial charge in [-0.3, -0.25) is 4.79 Å². The number of benzene rings is 1. The van der Waals surface area contributed by atoms with E-state index in [1.54, 1.807) is 0 Å². The molecule has 0 heterocycles. The van der Waals surface area contributed by atoms with E-state index in [-0.39, 0.29) is 5.41 Å². The molecule has 0 aliphatic heterocycles. The van der Waals surface area contributed by atoms with Crippen molar-refractivity contribution < 1.29 is 4.79 Å². The molecule has 19 heavy (non-hydrogen) atoms. The van der Waals surface area contributed by atoms with Crippen LogP contribution in [0.5, 0.6) is 0 Å². The largest absolute Gasteiger partial charge is 0.345 e. The number of likely N-dealkylation sites (N-methyl/N-ethyl adjacent to an activating group) is 1. The van der Waals surface area contributed by atoms with Crippen LogP contribution < -0.4 is 0 Å². The molecule has 3 heteroatoms. The second-order valence-electron chi connectivity index (χ2n) is 6.07. The molecule has 2 nitrogen and oxygen atoms in total. The summed E-state index contributed by atoms with van der Waals surface area (Å²) in [5.41, 5.74) is 0.993. The minimum atomic E-state index is -0.201. The first kappa shape index (κ1) is 13.2. The van der Waals surface area contributed by atoms with E-state index in [0.29, 0.717) is 16.7 Å². The Bertz CT molecular complexity index is 463. The van der Waals surface area contributed by atoms with Gasteiger partial charge in [0.1, 0.15) is 0 Å². The molecule has 0 spiro atoms. The summed E-state index contributed by atoms with van der Waals surface area (Å²) >= 11 is 3.61. The summed E-state index contributed by atoms with van der Waals surface area (Å²) in [7, 11) is 1.97. The van der Waals surface area contributed by atoms with Crippen LogP contribution in [-0.4, -0.2) is 29.2 Å². The molecule has 0 bridgehead atoms. The van der Waals surface area contributed by atoms with E-state index in [9.17, 15) is 4.79 Å². The third kappa shape index (κ3) is 2.45. The van der Waals surface area contributed by atoms with E-state index in [1.807, 2.05) is 30.1 Å². The van der Waals surface area contributed by atoms with Gasteiger partial charge in [0, 0.05) is 18.4 Å². The number of amides is 1. The fourth-order valence-electron chi connectivity index (χ4n) is 3.15. The number of carbonyl (C=O) groups is 1. The zero-order valence-electron chi connectivity index (χ0n) is 11.3. The highest BCUT2D eigenvalue weighted by Crippen LogP contribution is 2.49. The standard InChI is InChI=1S/C16H20BrNO/c1-18(11-12-9-14(17)10-12)15(19)16(7-8-16)13-5-3-2-4-6-13/h2-6,12,14H,7-11H2,1H3. The van der Waals surface area contributed by atoms with E-state index in [1.165, 1.54) is 18.4 Å². The molecule has 2 aliphatic carbocycles. The van der Waals surface area contributed by atoms with Crippen LogP contribution in [0.25, 0.3) is 0 Å². The van der Waals surface area contributed by atoms with Gasteiger partial charge in [0.25, 0.3) is 0 Å². The lowest BCUT2D eigenvalue weighted by Gasteiger charge is -2.35. The van der Waals surface area contributed by atoms with Crippen LogP contribution in [0, 0.1) is 5.92 Å². The quantitative estimate of drug-likeness (QED) is 0.779. The van der Waals surface area contributed by atoms with Crippen molar-refractivity contribution in [2.45, 2.75) is 35.9 Å². The molecule has 0 aromatic heterocycles. The predicted octanol–water partition coefficient (Wildman–Crippen LogP) is 3.35. The van der Waals surface area contributed by atoms with Gasteiger partial charge in [-0.2, -0.15) is 0 Å². The van der Waals surface area contributed by atoms with Crippen molar-refractivity contribution in [2.75, 3.05) is 13.6 Å². The van der Waals surface area contributed by atoms with Crippen molar-refractivity contribution in [3.05, 3.63) is 35.9 Å². The molecule has 1 aromatic carbocycles. The lowest BCUT2D eigenvalue weighted by atomic mass is 9.84. The van der Waals surface area contributed by atoms with Gasteiger partial charge in [0.15, 0.2) is 0 Å². The van der Waals surface area contributed by atoms with Gasteiger partial charge >= 0.3 is 0 Å². The van der Waals surface area contributed by atoms with Crippen LogP contribution in [-0.2, 0) is 10.2 Å². The number of carbonyl (C=O) groups excluding carboxylic acids is 1. The summed E-state index contributed by atoms with van der Waals surface area (Å²) in [6, 6.07) is 10.3. The normalized spacial score (nSPS) is 27.5. The third-order valence-corrected chi connectivity index (χ3v) is 5.29. The summed E-state index contributed by atoms with van der Waals surface area (Å²) in [6.07, 6.45) is 4.42. The Morgan fingerprint density at radius 1 is 1.32 bits per heavy atom. The predicted molar refractivity (Wildman–Crippen MR) is 80.4 cm³/mol. The second kappa shape index (κ2) is 4.93. The summed E-state index contributed by atoms with van der Waals surface area (Å²) in [6.45, 7) is 0.912. The SMILES string of the molecule is CN(CC1CC(Br)C1)C(=O)C1(c2ccccc2)CC1. The average Bonchev–Trinajstić information content (AvgIpc) is 3.18. The molecule has 2 saturated carbocycles. The van der Waals surface area contributed by atoms with E-state index < -0.39 is 0 Å². The first-order valence-corrected chi connectivity index (χ1v) is 7.98. The molecule has 1 amide bonds. The number of hydrogen-bond donors (Lipinski definition) is 0. The summed E-state index contributed by atoms with van der Waals surface area (Å²) < 4.78 is 0. The average molecular weight is 322 g/mol. The van der Waals surface area contributed by atoms with Crippen molar-refractivity contribution in [1.82, 2.24) is 4.90 Å². The van der Waals surface area contributed by atoms with Gasteiger partial charge in [-0.05, 0) is 37.2 Å². The third-order valence-electron chi connectivity index (χ3n) is 4.54. The first-order valence-electron chi connectivity index (χ1n) is 7.07. The highest BCUT2D eigenvalue weighted by atomic mass is 79.9. The van der Waals surface area contributed by atoms with Gasteiger partial charge < -0.3 is 4.90 Å². The molecule has 0 saturated heterocycles. The zero-order valence-corrected chi connectivity index (χ0v) is 12.9. The summed E-state index contributed by atoms with van der Waals surface area (Å²) in [5.74, 6) is 1.00. The maximum atomic E-state index is 12.7. The van der Waals surface area contributed by atoms with Crippen LogP contribution in [0.4, 0.5) is 0 Å². The van der Waals surface area contributed by atoms with Crippen LogP contribution in [0.15, 0.2) is 30.3 Å². The lowest BCUT2D eigenvalue weighted by molar-refractivity contribution is -0.133. The van der Waals surface area contributed by atoms with Crippen molar-refractivity contribution in [3.63, 3.8) is 0 Å². The van der Waals surface area contributed by atoms with Gasteiger partial charge in [-0.15, -0.1) is 0 Å². The van der Waals surface area contributed by atoms with Crippen molar-refractivity contribution >= 4 is 21.8 Å². The number of rotatable bonds is 4. The molecular formula is C16H20BrNO. The lowest BCUT2D eigenvalue weighted by Crippen LogP contribution is -2.42. The first-order chi connectivity index (χ1) is 9.12. The van der Waals surface area contributed by atoms with Crippen molar-refractivity contribution in [3.8, 4) is 0 Å². The van der Waals surface area contributed by atoms with E-state index >= 15 is 0 Å². The van der Waals surface area contributed by atoms with Gasteiger partial charge in [-0.1, -0.05) is 46.3 Å². The van der Waals surface area contributed by atoms with E-state index in [4.69, 9.17) is 0 Å². The molecule has 0 unspecified atom stereocenters. The Morgan fingerprint density at radius 3 is 2.47 bits per heavy atom. The van der Waals surface area contributed by atoms with Crippen LogP contribution in [0.3, 0.4) is 0 Å². The van der Waals surface area contributed by atoms with Gasteiger partial charge in [-0.25, -0.2) is 0 Å². The Hall–Kier alpha value is -0.830. The molecule has 2 fully saturated rings. The molecule has 2 aliphatic rings. The monoisotopic (exact) mass is 321 g/mol. The topological polar surface area (TPSA) is 20.3 Å².